The summed E-state index contributed by atoms with van der Waals surface area (Å²) in [5.41, 5.74) is 0.153. The van der Waals surface area contributed by atoms with E-state index >= 15 is 0 Å². The molecule has 2 heterocycles. The van der Waals surface area contributed by atoms with Gasteiger partial charge in [-0.15, -0.1) is 0 Å². The van der Waals surface area contributed by atoms with E-state index < -0.39 is 35.6 Å². The summed E-state index contributed by atoms with van der Waals surface area (Å²) < 4.78 is 43.8. The maximum absolute atomic E-state index is 13.7. The molecule has 3 aromatic rings. The molecule has 0 saturated carbocycles. The van der Waals surface area contributed by atoms with Crippen molar-refractivity contribution in [1.29, 1.82) is 0 Å². The molecule has 1 aliphatic heterocycles. The largest absolute Gasteiger partial charge is 0.462 e. The maximum Gasteiger partial charge on any atom is 0.416 e. The number of hydrogen-bond donors (Lipinski definition) is 0. The average Bonchev–Trinajstić information content (AvgIpc) is 2.92. The third-order valence-electron chi connectivity index (χ3n) is 6.44. The molecule has 204 valence electrons. The first-order valence-electron chi connectivity index (χ1n) is 12.4. The fourth-order valence-electron chi connectivity index (χ4n) is 4.45. The first kappa shape index (κ1) is 27.7. The number of ether oxygens (including phenoxy) is 1. The number of alkyl halides is 3. The van der Waals surface area contributed by atoms with E-state index in [0.29, 0.717) is 11.3 Å². The molecule has 1 aromatic heterocycles. The number of nitrogens with zero attached hydrogens (tertiary/aromatic N) is 4. The molecule has 0 aliphatic carbocycles. The number of halogens is 3. The Hall–Kier alpha value is -4.28. The van der Waals surface area contributed by atoms with Gasteiger partial charge in [0, 0.05) is 36.8 Å². The number of esters is 1. The van der Waals surface area contributed by atoms with E-state index in [0.717, 1.165) is 24.3 Å². The van der Waals surface area contributed by atoms with Crippen LogP contribution in [0.15, 0.2) is 54.6 Å². The van der Waals surface area contributed by atoms with Gasteiger partial charge in [0.1, 0.15) is 11.3 Å². The summed E-state index contributed by atoms with van der Waals surface area (Å²) in [5.74, 6) is -1.36. The molecule has 4 rings (SSSR count). The Labute approximate surface area is 223 Å². The number of aryl methyl sites for hydroxylation is 1. The molecule has 1 unspecified atom stereocenters. The lowest BCUT2D eigenvalue weighted by atomic mass is 10.1. The van der Waals surface area contributed by atoms with Gasteiger partial charge in [0.15, 0.2) is 5.82 Å². The standard InChI is InChI=1S/C28H27F3N4O4/c1-4-39-27(38)22-18(3)32-24(19-8-6-5-7-9-19)33-23(22)26(37)34-14-15-35(17(2)16-34)25(36)20-10-12-21(13-11-20)28(29,30)31/h5-13,17H,4,14-16H2,1-3H3. The number of carbonyl (C=O) groups excluding carboxylic acids is 3. The second-order valence-electron chi connectivity index (χ2n) is 9.12. The van der Waals surface area contributed by atoms with Gasteiger partial charge in [-0.05, 0) is 45.0 Å². The summed E-state index contributed by atoms with van der Waals surface area (Å²) in [6.07, 6.45) is -4.50. The normalized spacial score (nSPS) is 15.7. The Balaban J connectivity index is 1.58. The predicted molar refractivity (Wildman–Crippen MR) is 136 cm³/mol. The SMILES string of the molecule is CCOC(=O)c1c(C)nc(-c2ccccc2)nc1C(=O)N1CCN(C(=O)c2ccc(C(F)(F)F)cc2)C(C)C1. The first-order valence-corrected chi connectivity index (χ1v) is 12.4. The molecule has 39 heavy (non-hydrogen) atoms. The molecule has 0 radical (unpaired) electrons. The number of hydrogen-bond acceptors (Lipinski definition) is 6. The van der Waals surface area contributed by atoms with E-state index in [1.165, 1.54) is 9.80 Å². The van der Waals surface area contributed by atoms with E-state index in [4.69, 9.17) is 4.74 Å². The van der Waals surface area contributed by atoms with Gasteiger partial charge < -0.3 is 14.5 Å². The van der Waals surface area contributed by atoms with Gasteiger partial charge in [0.25, 0.3) is 11.8 Å². The van der Waals surface area contributed by atoms with Crippen LogP contribution in [0.2, 0.25) is 0 Å². The molecule has 0 bridgehead atoms. The van der Waals surface area contributed by atoms with Crippen LogP contribution in [0.1, 0.15) is 56.3 Å². The zero-order valence-electron chi connectivity index (χ0n) is 21.7. The van der Waals surface area contributed by atoms with Crippen LogP contribution >= 0.6 is 0 Å². The number of benzene rings is 2. The third kappa shape index (κ3) is 5.92. The Bertz CT molecular complexity index is 1380. The first-order chi connectivity index (χ1) is 18.5. The van der Waals surface area contributed by atoms with Crippen LogP contribution in [0, 0.1) is 6.92 Å². The highest BCUT2D eigenvalue weighted by Crippen LogP contribution is 2.29. The molecule has 1 aliphatic rings. The summed E-state index contributed by atoms with van der Waals surface area (Å²) >= 11 is 0. The minimum Gasteiger partial charge on any atom is -0.462 e. The number of piperazine rings is 1. The summed E-state index contributed by atoms with van der Waals surface area (Å²) in [4.78, 5) is 51.4. The van der Waals surface area contributed by atoms with Crippen molar-refractivity contribution in [1.82, 2.24) is 19.8 Å². The number of carbonyl (C=O) groups is 3. The smallest absolute Gasteiger partial charge is 0.416 e. The van der Waals surface area contributed by atoms with Crippen molar-refractivity contribution < 1.29 is 32.3 Å². The lowest BCUT2D eigenvalue weighted by Gasteiger charge is -2.40. The van der Waals surface area contributed by atoms with Gasteiger partial charge >= 0.3 is 12.1 Å². The Kier molecular flexibility index (Phi) is 7.98. The van der Waals surface area contributed by atoms with Crippen molar-refractivity contribution in [3.8, 4) is 11.4 Å². The molecular weight excluding hydrogens is 513 g/mol. The van der Waals surface area contributed by atoms with Gasteiger partial charge in [-0.3, -0.25) is 9.59 Å². The Morgan fingerprint density at radius 3 is 2.23 bits per heavy atom. The van der Waals surface area contributed by atoms with Crippen molar-refractivity contribution in [3.05, 3.63) is 82.7 Å². The van der Waals surface area contributed by atoms with E-state index in [9.17, 15) is 27.6 Å². The Morgan fingerprint density at radius 2 is 1.64 bits per heavy atom. The molecule has 11 heteroatoms. The highest BCUT2D eigenvalue weighted by atomic mass is 19.4. The number of amides is 2. The maximum atomic E-state index is 13.7. The quantitative estimate of drug-likeness (QED) is 0.438. The molecule has 1 saturated heterocycles. The monoisotopic (exact) mass is 540 g/mol. The summed E-state index contributed by atoms with van der Waals surface area (Å²) in [7, 11) is 0. The van der Waals surface area contributed by atoms with Crippen molar-refractivity contribution in [3.63, 3.8) is 0 Å². The molecule has 1 atom stereocenters. The van der Waals surface area contributed by atoms with E-state index in [1.807, 2.05) is 18.2 Å². The number of aromatic nitrogens is 2. The van der Waals surface area contributed by atoms with Crippen molar-refractivity contribution >= 4 is 17.8 Å². The summed E-state index contributed by atoms with van der Waals surface area (Å²) in [6, 6.07) is 12.6. The van der Waals surface area contributed by atoms with Crippen LogP contribution in [0.4, 0.5) is 13.2 Å². The summed E-state index contributed by atoms with van der Waals surface area (Å²) in [6.45, 7) is 5.54. The van der Waals surface area contributed by atoms with Gasteiger partial charge in [-0.2, -0.15) is 13.2 Å². The van der Waals surface area contributed by atoms with E-state index in [-0.39, 0.29) is 48.9 Å². The molecular formula is C28H27F3N4O4. The average molecular weight is 541 g/mol. The van der Waals surface area contributed by atoms with Gasteiger partial charge in [0.05, 0.1) is 17.9 Å². The molecule has 8 nitrogen and oxygen atoms in total. The van der Waals surface area contributed by atoms with Crippen molar-refractivity contribution in [2.24, 2.45) is 0 Å². The van der Waals surface area contributed by atoms with Crippen LogP contribution in [0.3, 0.4) is 0 Å². The van der Waals surface area contributed by atoms with Gasteiger partial charge in [0.2, 0.25) is 0 Å². The van der Waals surface area contributed by atoms with Crippen LogP contribution in [-0.2, 0) is 10.9 Å². The molecule has 1 fully saturated rings. The lowest BCUT2D eigenvalue weighted by molar-refractivity contribution is -0.137. The Morgan fingerprint density at radius 1 is 0.974 bits per heavy atom. The second kappa shape index (κ2) is 11.2. The van der Waals surface area contributed by atoms with Crippen molar-refractivity contribution in [2.45, 2.75) is 33.0 Å². The third-order valence-corrected chi connectivity index (χ3v) is 6.44. The topological polar surface area (TPSA) is 92.7 Å². The van der Waals surface area contributed by atoms with Crippen LogP contribution < -0.4 is 0 Å². The predicted octanol–water partition coefficient (Wildman–Crippen LogP) is 4.63. The minimum atomic E-state index is -4.50. The molecule has 0 N–H and O–H groups in total. The summed E-state index contributed by atoms with van der Waals surface area (Å²) in [5, 5.41) is 0. The van der Waals surface area contributed by atoms with E-state index in [1.54, 1.807) is 32.9 Å². The lowest BCUT2D eigenvalue weighted by Crippen LogP contribution is -2.55. The minimum absolute atomic E-state index is 0.0163. The van der Waals surface area contributed by atoms with Crippen LogP contribution in [0.25, 0.3) is 11.4 Å². The molecule has 2 amide bonds. The van der Waals surface area contributed by atoms with Crippen LogP contribution in [0.5, 0.6) is 0 Å². The van der Waals surface area contributed by atoms with Crippen LogP contribution in [-0.4, -0.2) is 69.8 Å². The number of rotatable bonds is 5. The van der Waals surface area contributed by atoms with E-state index in [2.05, 4.69) is 9.97 Å². The fourth-order valence-corrected chi connectivity index (χ4v) is 4.45. The molecule has 2 aromatic carbocycles. The highest BCUT2D eigenvalue weighted by molar-refractivity contribution is 6.05. The fraction of sp³-hybridized carbons (Fsp3) is 0.321. The van der Waals surface area contributed by atoms with Gasteiger partial charge in [-0.1, -0.05) is 30.3 Å². The van der Waals surface area contributed by atoms with Crippen molar-refractivity contribution in [2.75, 3.05) is 26.2 Å². The molecule has 0 spiro atoms. The zero-order chi connectivity index (χ0) is 28.3. The second-order valence-corrected chi connectivity index (χ2v) is 9.12. The van der Waals surface area contributed by atoms with Gasteiger partial charge in [-0.25, -0.2) is 14.8 Å². The highest BCUT2D eigenvalue weighted by Gasteiger charge is 2.35. The zero-order valence-corrected chi connectivity index (χ0v) is 21.7.